The average Bonchev–Trinajstić information content (AvgIpc) is 2.56. The van der Waals surface area contributed by atoms with Gasteiger partial charge in [-0.15, -0.1) is 0 Å². The molecule has 104 valence electrons. The van der Waals surface area contributed by atoms with Crippen LogP contribution in [0.2, 0.25) is 0 Å². The van der Waals surface area contributed by atoms with Gasteiger partial charge in [-0.3, -0.25) is 0 Å². The Labute approximate surface area is 123 Å². The van der Waals surface area contributed by atoms with Crippen LogP contribution in [0, 0.1) is 0 Å². The first-order valence-corrected chi connectivity index (χ1v) is 6.65. The molecular weight excluding hydrogens is 262 g/mol. The molecule has 0 saturated heterocycles. The van der Waals surface area contributed by atoms with Crippen molar-refractivity contribution in [3.8, 4) is 17.0 Å². The van der Waals surface area contributed by atoms with E-state index in [2.05, 4.69) is 15.3 Å². The summed E-state index contributed by atoms with van der Waals surface area (Å²) in [5.41, 5.74) is 2.72. The van der Waals surface area contributed by atoms with Crippen LogP contribution in [0.1, 0.15) is 0 Å². The van der Waals surface area contributed by atoms with Crippen molar-refractivity contribution in [3.05, 3.63) is 66.9 Å². The van der Waals surface area contributed by atoms with Crippen molar-refractivity contribution in [2.24, 2.45) is 0 Å². The number of benzene rings is 2. The van der Waals surface area contributed by atoms with Crippen LogP contribution in [0.5, 0.6) is 5.75 Å². The first-order chi connectivity index (χ1) is 10.4. The van der Waals surface area contributed by atoms with Gasteiger partial charge in [0.1, 0.15) is 5.75 Å². The zero-order valence-electron chi connectivity index (χ0n) is 11.7. The summed E-state index contributed by atoms with van der Waals surface area (Å²) in [6.07, 6.45) is 1.74. The zero-order valence-corrected chi connectivity index (χ0v) is 11.7. The normalized spacial score (nSPS) is 10.1. The molecule has 21 heavy (non-hydrogen) atoms. The van der Waals surface area contributed by atoms with Gasteiger partial charge in [0, 0.05) is 17.4 Å². The lowest BCUT2D eigenvalue weighted by Gasteiger charge is -2.09. The summed E-state index contributed by atoms with van der Waals surface area (Å²) >= 11 is 0. The van der Waals surface area contributed by atoms with E-state index in [1.54, 1.807) is 13.3 Å². The predicted octanol–water partition coefficient (Wildman–Crippen LogP) is 3.90. The minimum atomic E-state index is 0.560. The number of anilines is 2. The fourth-order valence-electron chi connectivity index (χ4n) is 2.08. The van der Waals surface area contributed by atoms with Crippen molar-refractivity contribution < 1.29 is 4.74 Å². The lowest BCUT2D eigenvalue weighted by Crippen LogP contribution is -1.98. The van der Waals surface area contributed by atoms with E-state index in [0.29, 0.717) is 5.95 Å². The molecule has 1 aromatic heterocycles. The molecule has 0 unspecified atom stereocenters. The van der Waals surface area contributed by atoms with E-state index in [9.17, 15) is 0 Å². The maximum Gasteiger partial charge on any atom is 0.227 e. The molecular formula is C17H15N3O. The van der Waals surface area contributed by atoms with Crippen LogP contribution in [-0.4, -0.2) is 17.1 Å². The van der Waals surface area contributed by atoms with Crippen LogP contribution in [0.4, 0.5) is 11.6 Å². The van der Waals surface area contributed by atoms with E-state index in [0.717, 1.165) is 22.7 Å². The van der Waals surface area contributed by atoms with Crippen molar-refractivity contribution in [2.45, 2.75) is 0 Å². The van der Waals surface area contributed by atoms with Gasteiger partial charge in [0.25, 0.3) is 0 Å². The molecule has 0 fully saturated rings. The van der Waals surface area contributed by atoms with Gasteiger partial charge in [-0.05, 0) is 30.3 Å². The SMILES string of the molecule is COc1ccccc1-c1ccnc(Nc2ccccc2)n1. The molecule has 0 aliphatic carbocycles. The van der Waals surface area contributed by atoms with Crippen LogP contribution in [-0.2, 0) is 0 Å². The van der Waals surface area contributed by atoms with Gasteiger partial charge < -0.3 is 10.1 Å². The van der Waals surface area contributed by atoms with Gasteiger partial charge in [-0.1, -0.05) is 30.3 Å². The van der Waals surface area contributed by atoms with Crippen molar-refractivity contribution in [1.82, 2.24) is 9.97 Å². The van der Waals surface area contributed by atoms with Crippen molar-refractivity contribution in [2.75, 3.05) is 12.4 Å². The van der Waals surface area contributed by atoms with Crippen LogP contribution in [0.15, 0.2) is 66.9 Å². The maximum atomic E-state index is 5.38. The van der Waals surface area contributed by atoms with Gasteiger partial charge in [-0.25, -0.2) is 9.97 Å². The Morgan fingerprint density at radius 3 is 2.48 bits per heavy atom. The van der Waals surface area contributed by atoms with E-state index in [-0.39, 0.29) is 0 Å². The van der Waals surface area contributed by atoms with E-state index >= 15 is 0 Å². The molecule has 2 aromatic carbocycles. The minimum Gasteiger partial charge on any atom is -0.496 e. The van der Waals surface area contributed by atoms with Crippen LogP contribution in [0.3, 0.4) is 0 Å². The number of aromatic nitrogens is 2. The van der Waals surface area contributed by atoms with Crippen LogP contribution < -0.4 is 10.1 Å². The molecule has 4 heteroatoms. The van der Waals surface area contributed by atoms with E-state index in [1.165, 1.54) is 0 Å². The molecule has 0 amide bonds. The number of nitrogens with zero attached hydrogens (tertiary/aromatic N) is 2. The Morgan fingerprint density at radius 1 is 0.905 bits per heavy atom. The Kier molecular flexibility index (Phi) is 3.78. The number of ether oxygens (including phenoxy) is 1. The Bertz CT molecular complexity index is 729. The van der Waals surface area contributed by atoms with Crippen molar-refractivity contribution >= 4 is 11.6 Å². The van der Waals surface area contributed by atoms with E-state index in [1.807, 2.05) is 60.7 Å². The molecule has 3 aromatic rings. The Morgan fingerprint density at radius 2 is 1.67 bits per heavy atom. The molecule has 0 spiro atoms. The fourth-order valence-corrected chi connectivity index (χ4v) is 2.08. The topological polar surface area (TPSA) is 47.0 Å². The van der Waals surface area contributed by atoms with Gasteiger partial charge in [0.05, 0.1) is 12.8 Å². The lowest BCUT2D eigenvalue weighted by molar-refractivity contribution is 0.416. The zero-order chi connectivity index (χ0) is 14.5. The third kappa shape index (κ3) is 3.00. The molecule has 1 heterocycles. The molecule has 4 nitrogen and oxygen atoms in total. The molecule has 0 saturated carbocycles. The Hall–Kier alpha value is -2.88. The van der Waals surface area contributed by atoms with Gasteiger partial charge in [-0.2, -0.15) is 0 Å². The van der Waals surface area contributed by atoms with E-state index in [4.69, 9.17) is 4.74 Å². The Balaban J connectivity index is 1.93. The highest BCUT2D eigenvalue weighted by molar-refractivity contribution is 5.68. The largest absolute Gasteiger partial charge is 0.496 e. The molecule has 0 aliphatic heterocycles. The van der Waals surface area contributed by atoms with E-state index < -0.39 is 0 Å². The maximum absolute atomic E-state index is 5.38. The third-order valence-corrected chi connectivity index (χ3v) is 3.07. The number of hydrogen-bond acceptors (Lipinski definition) is 4. The molecule has 1 N–H and O–H groups in total. The lowest BCUT2D eigenvalue weighted by atomic mass is 10.1. The highest BCUT2D eigenvalue weighted by Gasteiger charge is 2.07. The third-order valence-electron chi connectivity index (χ3n) is 3.07. The smallest absolute Gasteiger partial charge is 0.227 e. The summed E-state index contributed by atoms with van der Waals surface area (Å²) in [5, 5.41) is 3.19. The molecule has 0 bridgehead atoms. The summed E-state index contributed by atoms with van der Waals surface area (Å²) in [5.74, 6) is 1.35. The van der Waals surface area contributed by atoms with Crippen LogP contribution >= 0.6 is 0 Å². The molecule has 0 atom stereocenters. The number of hydrogen-bond donors (Lipinski definition) is 1. The van der Waals surface area contributed by atoms with Crippen molar-refractivity contribution in [1.29, 1.82) is 0 Å². The minimum absolute atomic E-state index is 0.560. The van der Waals surface area contributed by atoms with Gasteiger partial charge >= 0.3 is 0 Å². The number of para-hydroxylation sites is 2. The summed E-state index contributed by atoms with van der Waals surface area (Å²) in [6, 6.07) is 19.5. The number of rotatable bonds is 4. The summed E-state index contributed by atoms with van der Waals surface area (Å²) in [4.78, 5) is 8.80. The predicted molar refractivity (Wildman–Crippen MR) is 83.7 cm³/mol. The average molecular weight is 277 g/mol. The second-order valence-electron chi connectivity index (χ2n) is 4.46. The van der Waals surface area contributed by atoms with Gasteiger partial charge in [0.2, 0.25) is 5.95 Å². The highest BCUT2D eigenvalue weighted by atomic mass is 16.5. The standard InChI is InChI=1S/C17H15N3O/c1-21-16-10-6-5-9-14(16)15-11-12-18-17(20-15)19-13-7-3-2-4-8-13/h2-12H,1H3,(H,18,19,20). The quantitative estimate of drug-likeness (QED) is 0.785. The monoisotopic (exact) mass is 277 g/mol. The fraction of sp³-hybridized carbons (Fsp3) is 0.0588. The first-order valence-electron chi connectivity index (χ1n) is 6.65. The summed E-state index contributed by atoms with van der Waals surface area (Å²) in [7, 11) is 1.66. The number of methoxy groups -OCH3 is 1. The molecule has 0 radical (unpaired) electrons. The summed E-state index contributed by atoms with van der Waals surface area (Å²) < 4.78 is 5.38. The van der Waals surface area contributed by atoms with Crippen LogP contribution in [0.25, 0.3) is 11.3 Å². The highest BCUT2D eigenvalue weighted by Crippen LogP contribution is 2.28. The molecule has 0 aliphatic rings. The number of nitrogens with one attached hydrogen (secondary N) is 1. The van der Waals surface area contributed by atoms with Gasteiger partial charge in [0.15, 0.2) is 0 Å². The first kappa shape index (κ1) is 13.1. The molecule has 3 rings (SSSR count). The second kappa shape index (κ2) is 6.05. The summed E-state index contributed by atoms with van der Waals surface area (Å²) in [6.45, 7) is 0. The van der Waals surface area contributed by atoms with Crippen molar-refractivity contribution in [3.63, 3.8) is 0 Å². The second-order valence-corrected chi connectivity index (χ2v) is 4.46.